The Hall–Kier alpha value is -2.93. The van der Waals surface area contributed by atoms with Gasteiger partial charge in [-0.3, -0.25) is 4.79 Å². The van der Waals surface area contributed by atoms with Crippen molar-refractivity contribution >= 4 is 22.6 Å². The van der Waals surface area contributed by atoms with Crippen LogP contribution in [0.1, 0.15) is 30.6 Å². The number of halogens is 1. The number of ketones is 1. The number of fused-ring (bicyclic) bond motifs is 1. The first-order valence-electron chi connectivity index (χ1n) is 8.11. The van der Waals surface area contributed by atoms with Gasteiger partial charge >= 0.3 is 0 Å². The number of nitrogens with zero attached hydrogens (tertiary/aromatic N) is 3. The van der Waals surface area contributed by atoms with Crippen LogP contribution in [0.25, 0.3) is 22.3 Å². The number of carbonyl (C=O) groups is 1. The highest BCUT2D eigenvalue weighted by Crippen LogP contribution is 2.27. The number of hydrogen-bond acceptors (Lipinski definition) is 6. The van der Waals surface area contributed by atoms with Gasteiger partial charge in [-0.1, -0.05) is 13.8 Å². The number of carbonyl (C=O) groups excluding carboxylic acids is 1. The zero-order valence-electron chi connectivity index (χ0n) is 14.5. The Morgan fingerprint density at radius 1 is 1.23 bits per heavy atom. The lowest BCUT2D eigenvalue weighted by Gasteiger charge is -2.20. The molecule has 0 unspecified atom stereocenters. The Morgan fingerprint density at radius 3 is 2.73 bits per heavy atom. The van der Waals surface area contributed by atoms with E-state index in [1.807, 2.05) is 0 Å². The number of benzene rings is 1. The third-order valence-electron chi connectivity index (χ3n) is 4.09. The first-order chi connectivity index (χ1) is 12.3. The maximum absolute atomic E-state index is 14.1. The van der Waals surface area contributed by atoms with Crippen molar-refractivity contribution in [1.29, 1.82) is 0 Å². The van der Waals surface area contributed by atoms with Crippen LogP contribution in [0.3, 0.4) is 0 Å². The molecule has 6 nitrogen and oxygen atoms in total. The van der Waals surface area contributed by atoms with E-state index >= 15 is 0 Å². The molecule has 26 heavy (non-hydrogen) atoms. The molecule has 0 amide bonds. The number of hydrogen-bond donors (Lipinski definition) is 2. The fraction of sp³-hybridized carbons (Fsp3) is 0.263. The Labute approximate surface area is 149 Å². The molecule has 0 saturated carbocycles. The largest absolute Gasteiger partial charge is 0.396 e. The molecule has 0 aliphatic rings. The molecule has 0 fully saturated rings. The van der Waals surface area contributed by atoms with Crippen molar-refractivity contribution in [1.82, 2.24) is 15.0 Å². The van der Waals surface area contributed by atoms with E-state index < -0.39 is 11.2 Å². The zero-order valence-corrected chi connectivity index (χ0v) is 14.5. The Bertz CT molecular complexity index is 988. The van der Waals surface area contributed by atoms with Crippen molar-refractivity contribution in [2.45, 2.75) is 20.3 Å². The summed E-state index contributed by atoms with van der Waals surface area (Å²) in [5.74, 6) is -0.547. The molecule has 3 aromatic rings. The van der Waals surface area contributed by atoms with Crippen LogP contribution >= 0.6 is 0 Å². The fourth-order valence-electron chi connectivity index (χ4n) is 2.61. The van der Waals surface area contributed by atoms with E-state index in [0.717, 1.165) is 0 Å². The number of pyridine rings is 1. The highest BCUT2D eigenvalue weighted by Gasteiger charge is 2.22. The average Bonchev–Trinajstić information content (AvgIpc) is 2.61. The van der Waals surface area contributed by atoms with Gasteiger partial charge in [-0.05, 0) is 35.7 Å². The van der Waals surface area contributed by atoms with E-state index in [1.54, 1.807) is 32.0 Å². The minimum absolute atomic E-state index is 0.109. The van der Waals surface area contributed by atoms with Gasteiger partial charge in [-0.25, -0.2) is 19.3 Å². The summed E-state index contributed by atoms with van der Waals surface area (Å²) in [4.78, 5) is 24.9. The van der Waals surface area contributed by atoms with Crippen LogP contribution in [0.15, 0.2) is 36.7 Å². The average molecular weight is 354 g/mol. The normalized spacial score (nSPS) is 11.7. The van der Waals surface area contributed by atoms with Crippen molar-refractivity contribution in [3.05, 3.63) is 48.0 Å². The predicted molar refractivity (Wildman–Crippen MR) is 97.0 cm³/mol. The third kappa shape index (κ3) is 3.67. The topological polar surface area (TPSA) is 102 Å². The fourth-order valence-corrected chi connectivity index (χ4v) is 2.61. The van der Waals surface area contributed by atoms with E-state index in [1.165, 1.54) is 18.5 Å². The van der Waals surface area contributed by atoms with Crippen molar-refractivity contribution in [2.75, 3.05) is 12.3 Å². The summed E-state index contributed by atoms with van der Waals surface area (Å²) in [5, 5.41) is 9.34. The second kappa shape index (κ2) is 6.76. The van der Waals surface area contributed by atoms with E-state index in [9.17, 15) is 14.3 Å². The third-order valence-corrected chi connectivity index (χ3v) is 4.09. The summed E-state index contributed by atoms with van der Waals surface area (Å²) in [5.41, 5.74) is 7.42. The lowest BCUT2D eigenvalue weighted by atomic mass is 9.86. The standard InChI is InChI=1S/C19H19FN4O2/c1-19(2,9-25)8-16(26)12-5-11(6-13(20)7-12)14-3-4-15-17(24-14)18(21)23-10-22-15/h3-7,10,25H,8-9H2,1-2H3,(H2,21,22,23). The van der Waals surface area contributed by atoms with Gasteiger partial charge in [0, 0.05) is 24.2 Å². The highest BCUT2D eigenvalue weighted by atomic mass is 19.1. The summed E-state index contributed by atoms with van der Waals surface area (Å²) in [6.45, 7) is 3.42. The van der Waals surface area contributed by atoms with Crippen molar-refractivity contribution in [3.8, 4) is 11.3 Å². The number of nitrogen functional groups attached to an aromatic ring is 1. The molecule has 0 radical (unpaired) electrons. The molecular formula is C19H19FN4O2. The van der Waals surface area contributed by atoms with E-state index in [4.69, 9.17) is 5.73 Å². The summed E-state index contributed by atoms with van der Waals surface area (Å²) in [6, 6.07) is 7.50. The molecule has 0 saturated heterocycles. The minimum atomic E-state index is -0.573. The van der Waals surface area contributed by atoms with Gasteiger partial charge in [0.2, 0.25) is 0 Å². The monoisotopic (exact) mass is 354 g/mol. The van der Waals surface area contributed by atoms with Gasteiger partial charge in [0.15, 0.2) is 11.6 Å². The maximum atomic E-state index is 14.1. The molecular weight excluding hydrogens is 335 g/mol. The number of Topliss-reactive ketones (excluding diaryl/α,β-unsaturated/α-hetero) is 1. The molecule has 0 atom stereocenters. The van der Waals surface area contributed by atoms with Crippen LogP contribution in [-0.4, -0.2) is 32.4 Å². The lowest BCUT2D eigenvalue weighted by Crippen LogP contribution is -2.21. The highest BCUT2D eigenvalue weighted by molar-refractivity contribution is 5.97. The molecule has 2 aromatic heterocycles. The van der Waals surface area contributed by atoms with Gasteiger partial charge in [0.1, 0.15) is 17.7 Å². The first-order valence-corrected chi connectivity index (χ1v) is 8.11. The number of aromatic nitrogens is 3. The summed E-state index contributed by atoms with van der Waals surface area (Å²) < 4.78 is 14.1. The predicted octanol–water partition coefficient (Wildman–Crippen LogP) is 3.00. The molecule has 0 aliphatic heterocycles. The van der Waals surface area contributed by atoms with Crippen LogP contribution in [0, 0.1) is 11.2 Å². The SMILES string of the molecule is CC(C)(CO)CC(=O)c1cc(F)cc(-c2ccc3ncnc(N)c3n2)c1. The van der Waals surface area contributed by atoms with Gasteiger partial charge in [-0.15, -0.1) is 0 Å². The van der Waals surface area contributed by atoms with E-state index in [-0.39, 0.29) is 30.2 Å². The number of nitrogens with two attached hydrogens (primary N) is 1. The van der Waals surface area contributed by atoms with E-state index in [0.29, 0.717) is 22.3 Å². The molecule has 3 rings (SSSR count). The number of aliphatic hydroxyl groups is 1. The maximum Gasteiger partial charge on any atom is 0.163 e. The Kier molecular flexibility index (Phi) is 4.65. The summed E-state index contributed by atoms with van der Waals surface area (Å²) >= 11 is 0. The van der Waals surface area contributed by atoms with Crippen LogP contribution < -0.4 is 5.73 Å². The second-order valence-corrected chi connectivity index (χ2v) is 6.97. The van der Waals surface area contributed by atoms with Crippen LogP contribution in [0.2, 0.25) is 0 Å². The van der Waals surface area contributed by atoms with Gasteiger partial charge < -0.3 is 10.8 Å². The zero-order chi connectivity index (χ0) is 18.9. The summed E-state index contributed by atoms with van der Waals surface area (Å²) in [6.07, 6.45) is 1.46. The van der Waals surface area contributed by atoms with Crippen molar-refractivity contribution in [2.24, 2.45) is 5.41 Å². The number of anilines is 1. The molecule has 0 bridgehead atoms. The summed E-state index contributed by atoms with van der Waals surface area (Å²) in [7, 11) is 0. The van der Waals surface area contributed by atoms with Crippen molar-refractivity contribution < 1.29 is 14.3 Å². The molecule has 7 heteroatoms. The first kappa shape index (κ1) is 17.9. The van der Waals surface area contributed by atoms with Gasteiger partial charge in [-0.2, -0.15) is 0 Å². The van der Waals surface area contributed by atoms with Gasteiger partial charge in [0.25, 0.3) is 0 Å². The van der Waals surface area contributed by atoms with Gasteiger partial charge in [0.05, 0.1) is 11.2 Å². The molecule has 2 heterocycles. The smallest absolute Gasteiger partial charge is 0.163 e. The lowest BCUT2D eigenvalue weighted by molar-refractivity contribution is 0.0858. The second-order valence-electron chi connectivity index (χ2n) is 6.97. The molecule has 0 spiro atoms. The number of rotatable bonds is 5. The Morgan fingerprint density at radius 2 is 2.00 bits per heavy atom. The van der Waals surface area contributed by atoms with Crippen LogP contribution in [0.5, 0.6) is 0 Å². The van der Waals surface area contributed by atoms with Crippen molar-refractivity contribution in [3.63, 3.8) is 0 Å². The molecule has 1 aromatic carbocycles. The molecule has 3 N–H and O–H groups in total. The Balaban J connectivity index is 2.03. The van der Waals surface area contributed by atoms with Crippen LogP contribution in [-0.2, 0) is 0 Å². The number of aliphatic hydroxyl groups excluding tert-OH is 1. The van der Waals surface area contributed by atoms with Crippen LogP contribution in [0.4, 0.5) is 10.2 Å². The van der Waals surface area contributed by atoms with E-state index in [2.05, 4.69) is 15.0 Å². The quantitative estimate of drug-likeness (QED) is 0.683. The molecule has 0 aliphatic carbocycles. The molecule has 134 valence electrons. The minimum Gasteiger partial charge on any atom is -0.396 e.